The number of methoxy groups -OCH3 is 1. The van der Waals surface area contributed by atoms with Crippen molar-refractivity contribution < 1.29 is 4.74 Å². The maximum atomic E-state index is 6.19. The lowest BCUT2D eigenvalue weighted by molar-refractivity contribution is 0.414. The summed E-state index contributed by atoms with van der Waals surface area (Å²) in [5.74, 6) is 0.908. The fourth-order valence-corrected chi connectivity index (χ4v) is 2.22. The van der Waals surface area contributed by atoms with Gasteiger partial charge in [0.25, 0.3) is 0 Å². The molecule has 0 heterocycles. The summed E-state index contributed by atoms with van der Waals surface area (Å²) in [4.78, 5) is 0. The van der Waals surface area contributed by atoms with Gasteiger partial charge in [0.15, 0.2) is 0 Å². The van der Waals surface area contributed by atoms with E-state index in [-0.39, 0.29) is 6.04 Å². The van der Waals surface area contributed by atoms with E-state index in [1.165, 1.54) is 30.4 Å². The third kappa shape index (κ3) is 2.64. The molecule has 0 saturated carbocycles. The van der Waals surface area contributed by atoms with Gasteiger partial charge >= 0.3 is 0 Å². The van der Waals surface area contributed by atoms with Crippen LogP contribution in [0.15, 0.2) is 35.9 Å². The Kier molecular flexibility index (Phi) is 3.62. The lowest BCUT2D eigenvalue weighted by atomic mass is 9.99. The van der Waals surface area contributed by atoms with E-state index in [4.69, 9.17) is 10.5 Å². The van der Waals surface area contributed by atoms with Crippen molar-refractivity contribution in [2.75, 3.05) is 7.11 Å². The Hall–Kier alpha value is -1.28. The zero-order valence-corrected chi connectivity index (χ0v) is 9.78. The summed E-state index contributed by atoms with van der Waals surface area (Å²) in [6.45, 7) is 0. The molecule has 2 nitrogen and oxygen atoms in total. The van der Waals surface area contributed by atoms with Crippen LogP contribution in [0.4, 0.5) is 0 Å². The SMILES string of the molecule is COc1cccc(CC(N)C2=CCCC2)c1. The molecule has 16 heavy (non-hydrogen) atoms. The highest BCUT2D eigenvalue weighted by molar-refractivity contribution is 5.30. The van der Waals surface area contributed by atoms with Gasteiger partial charge in [-0.1, -0.05) is 23.8 Å². The summed E-state index contributed by atoms with van der Waals surface area (Å²) in [6.07, 6.45) is 6.83. The number of allylic oxidation sites excluding steroid dienone is 1. The summed E-state index contributed by atoms with van der Waals surface area (Å²) >= 11 is 0. The van der Waals surface area contributed by atoms with Crippen molar-refractivity contribution in [3.05, 3.63) is 41.5 Å². The molecule has 1 aromatic carbocycles. The second-order valence-electron chi connectivity index (χ2n) is 4.33. The van der Waals surface area contributed by atoms with E-state index in [0.717, 1.165) is 12.2 Å². The van der Waals surface area contributed by atoms with Crippen LogP contribution in [0.1, 0.15) is 24.8 Å². The van der Waals surface area contributed by atoms with Crippen LogP contribution >= 0.6 is 0 Å². The normalized spacial score (nSPS) is 17.0. The molecule has 0 fully saturated rings. The lowest BCUT2D eigenvalue weighted by Crippen LogP contribution is -2.24. The number of nitrogens with two attached hydrogens (primary N) is 1. The van der Waals surface area contributed by atoms with Gasteiger partial charge in [-0.2, -0.15) is 0 Å². The third-order valence-electron chi connectivity index (χ3n) is 3.14. The molecule has 0 aliphatic heterocycles. The van der Waals surface area contributed by atoms with Crippen LogP contribution in [0.25, 0.3) is 0 Å². The predicted octanol–water partition coefficient (Wildman–Crippen LogP) is 2.68. The second kappa shape index (κ2) is 5.17. The smallest absolute Gasteiger partial charge is 0.119 e. The first-order chi connectivity index (χ1) is 7.79. The third-order valence-corrected chi connectivity index (χ3v) is 3.14. The van der Waals surface area contributed by atoms with Gasteiger partial charge < -0.3 is 10.5 Å². The maximum Gasteiger partial charge on any atom is 0.119 e. The zero-order valence-electron chi connectivity index (χ0n) is 9.78. The average molecular weight is 217 g/mol. The van der Waals surface area contributed by atoms with E-state index in [0.29, 0.717) is 0 Å². The van der Waals surface area contributed by atoms with Crippen molar-refractivity contribution in [1.82, 2.24) is 0 Å². The van der Waals surface area contributed by atoms with E-state index in [2.05, 4.69) is 18.2 Å². The Morgan fingerprint density at radius 3 is 3.00 bits per heavy atom. The van der Waals surface area contributed by atoms with Crippen LogP contribution in [-0.4, -0.2) is 13.2 Å². The van der Waals surface area contributed by atoms with Crippen LogP contribution < -0.4 is 10.5 Å². The van der Waals surface area contributed by atoms with E-state index in [9.17, 15) is 0 Å². The molecule has 1 atom stereocenters. The van der Waals surface area contributed by atoms with Crippen molar-refractivity contribution in [3.63, 3.8) is 0 Å². The van der Waals surface area contributed by atoms with Crippen LogP contribution in [0.5, 0.6) is 5.75 Å². The molecular weight excluding hydrogens is 198 g/mol. The molecule has 2 rings (SSSR count). The van der Waals surface area contributed by atoms with Crippen molar-refractivity contribution in [2.45, 2.75) is 31.7 Å². The highest BCUT2D eigenvalue weighted by Gasteiger charge is 2.13. The Morgan fingerprint density at radius 1 is 1.44 bits per heavy atom. The molecule has 0 amide bonds. The standard InChI is InChI=1S/C14H19NO/c1-16-13-8-4-5-11(9-13)10-14(15)12-6-2-3-7-12/h4-6,8-9,14H,2-3,7,10,15H2,1H3. The number of hydrogen-bond donors (Lipinski definition) is 1. The minimum absolute atomic E-state index is 0.176. The molecule has 1 aliphatic carbocycles. The number of rotatable bonds is 4. The maximum absolute atomic E-state index is 6.19. The Bertz CT molecular complexity index is 384. The molecule has 0 saturated heterocycles. The fourth-order valence-electron chi connectivity index (χ4n) is 2.22. The minimum atomic E-state index is 0.176. The molecule has 1 aliphatic rings. The fraction of sp³-hybridized carbons (Fsp3) is 0.429. The van der Waals surface area contributed by atoms with Crippen molar-refractivity contribution in [1.29, 1.82) is 0 Å². The molecule has 0 spiro atoms. The summed E-state index contributed by atoms with van der Waals surface area (Å²) in [5, 5.41) is 0. The van der Waals surface area contributed by atoms with E-state index >= 15 is 0 Å². The van der Waals surface area contributed by atoms with Gasteiger partial charge in [0, 0.05) is 6.04 Å². The summed E-state index contributed by atoms with van der Waals surface area (Å²) in [7, 11) is 1.69. The van der Waals surface area contributed by atoms with Crippen LogP contribution in [-0.2, 0) is 6.42 Å². The Morgan fingerprint density at radius 2 is 2.31 bits per heavy atom. The number of ether oxygens (including phenoxy) is 1. The molecule has 2 N–H and O–H groups in total. The van der Waals surface area contributed by atoms with Crippen LogP contribution in [0.3, 0.4) is 0 Å². The summed E-state index contributed by atoms with van der Waals surface area (Å²) in [6, 6.07) is 8.33. The first-order valence-electron chi connectivity index (χ1n) is 5.87. The minimum Gasteiger partial charge on any atom is -0.497 e. The van der Waals surface area contributed by atoms with Crippen molar-refractivity contribution in [3.8, 4) is 5.75 Å². The zero-order chi connectivity index (χ0) is 11.4. The molecule has 0 radical (unpaired) electrons. The molecular formula is C14H19NO. The first kappa shape index (κ1) is 11.2. The highest BCUT2D eigenvalue weighted by Crippen LogP contribution is 2.22. The van der Waals surface area contributed by atoms with Gasteiger partial charge in [-0.3, -0.25) is 0 Å². The number of hydrogen-bond acceptors (Lipinski definition) is 2. The Balaban J connectivity index is 2.02. The largest absolute Gasteiger partial charge is 0.497 e. The first-order valence-corrected chi connectivity index (χ1v) is 5.87. The van der Waals surface area contributed by atoms with E-state index < -0.39 is 0 Å². The predicted molar refractivity (Wildman–Crippen MR) is 66.6 cm³/mol. The van der Waals surface area contributed by atoms with Gasteiger partial charge in [0.05, 0.1) is 7.11 Å². The van der Waals surface area contributed by atoms with E-state index in [1.54, 1.807) is 7.11 Å². The number of benzene rings is 1. The molecule has 1 unspecified atom stereocenters. The van der Waals surface area contributed by atoms with Gasteiger partial charge in [-0.25, -0.2) is 0 Å². The van der Waals surface area contributed by atoms with Crippen LogP contribution in [0.2, 0.25) is 0 Å². The van der Waals surface area contributed by atoms with E-state index in [1.807, 2.05) is 12.1 Å². The van der Waals surface area contributed by atoms with Gasteiger partial charge in [-0.05, 0) is 43.4 Å². The van der Waals surface area contributed by atoms with Gasteiger partial charge in [0.2, 0.25) is 0 Å². The van der Waals surface area contributed by atoms with Crippen LogP contribution in [0, 0.1) is 0 Å². The summed E-state index contributed by atoms with van der Waals surface area (Å²) < 4.78 is 5.21. The van der Waals surface area contributed by atoms with Crippen molar-refractivity contribution in [2.24, 2.45) is 5.73 Å². The summed E-state index contributed by atoms with van der Waals surface area (Å²) in [5.41, 5.74) is 8.86. The lowest BCUT2D eigenvalue weighted by Gasteiger charge is -2.13. The Labute approximate surface area is 97.1 Å². The second-order valence-corrected chi connectivity index (χ2v) is 4.33. The molecule has 2 heteroatoms. The van der Waals surface area contributed by atoms with Gasteiger partial charge in [0.1, 0.15) is 5.75 Å². The van der Waals surface area contributed by atoms with Crippen molar-refractivity contribution >= 4 is 0 Å². The molecule has 86 valence electrons. The van der Waals surface area contributed by atoms with Gasteiger partial charge in [-0.15, -0.1) is 0 Å². The molecule has 0 bridgehead atoms. The average Bonchev–Trinajstić information content (AvgIpc) is 2.83. The topological polar surface area (TPSA) is 35.2 Å². The molecule has 0 aromatic heterocycles. The highest BCUT2D eigenvalue weighted by atomic mass is 16.5. The quantitative estimate of drug-likeness (QED) is 0.787. The monoisotopic (exact) mass is 217 g/mol. The molecule has 1 aromatic rings.